The Kier molecular flexibility index (Phi) is 13.7. The molecule has 178 valence electrons. The van der Waals surface area contributed by atoms with Gasteiger partial charge in [0.2, 0.25) is 0 Å². The SMILES string of the molecule is CCc1nncn1CCNC(=NCCCN1CCOCC1)NCCSc1ccccc1.I. The summed E-state index contributed by atoms with van der Waals surface area (Å²) >= 11 is 1.85. The molecule has 0 unspecified atom stereocenters. The van der Waals surface area contributed by atoms with Crippen molar-refractivity contribution in [3.05, 3.63) is 42.5 Å². The van der Waals surface area contributed by atoms with Gasteiger partial charge in [-0.05, 0) is 18.6 Å². The van der Waals surface area contributed by atoms with E-state index in [0.29, 0.717) is 0 Å². The first-order valence-corrected chi connectivity index (χ1v) is 12.2. The van der Waals surface area contributed by atoms with Crippen molar-refractivity contribution in [2.24, 2.45) is 4.99 Å². The molecule has 1 aliphatic rings. The van der Waals surface area contributed by atoms with E-state index in [9.17, 15) is 0 Å². The van der Waals surface area contributed by atoms with E-state index in [2.05, 4.69) is 61.5 Å². The highest BCUT2D eigenvalue weighted by atomic mass is 127. The number of ether oxygens (including phenoxy) is 1. The maximum atomic E-state index is 5.42. The lowest BCUT2D eigenvalue weighted by Gasteiger charge is -2.26. The maximum absolute atomic E-state index is 5.42. The van der Waals surface area contributed by atoms with E-state index in [1.54, 1.807) is 6.33 Å². The van der Waals surface area contributed by atoms with Gasteiger partial charge in [0.15, 0.2) is 5.96 Å². The molecule has 0 amide bonds. The maximum Gasteiger partial charge on any atom is 0.191 e. The number of halogens is 1. The van der Waals surface area contributed by atoms with E-state index >= 15 is 0 Å². The second-order valence-electron chi connectivity index (χ2n) is 7.35. The minimum Gasteiger partial charge on any atom is -0.379 e. The van der Waals surface area contributed by atoms with Crippen molar-refractivity contribution < 1.29 is 4.74 Å². The average molecular weight is 574 g/mol. The highest BCUT2D eigenvalue weighted by Crippen LogP contribution is 2.15. The molecule has 1 aromatic heterocycles. The predicted molar refractivity (Wildman–Crippen MR) is 142 cm³/mol. The Bertz CT molecular complexity index is 769. The second-order valence-corrected chi connectivity index (χ2v) is 8.52. The first-order chi connectivity index (χ1) is 15.3. The van der Waals surface area contributed by atoms with Gasteiger partial charge in [0, 0.05) is 62.9 Å². The van der Waals surface area contributed by atoms with Crippen LogP contribution in [0.2, 0.25) is 0 Å². The van der Waals surface area contributed by atoms with Gasteiger partial charge in [-0.1, -0.05) is 25.1 Å². The summed E-state index contributed by atoms with van der Waals surface area (Å²) in [4.78, 5) is 8.55. The van der Waals surface area contributed by atoms with Crippen LogP contribution in [0.4, 0.5) is 0 Å². The van der Waals surface area contributed by atoms with Gasteiger partial charge in [-0.25, -0.2) is 0 Å². The summed E-state index contributed by atoms with van der Waals surface area (Å²) in [6.45, 7) is 10.2. The molecule has 2 heterocycles. The molecule has 1 aliphatic heterocycles. The van der Waals surface area contributed by atoms with E-state index in [0.717, 1.165) is 89.4 Å². The summed E-state index contributed by atoms with van der Waals surface area (Å²) in [5.41, 5.74) is 0. The number of aliphatic imine (C=N–C) groups is 1. The molecule has 32 heavy (non-hydrogen) atoms. The van der Waals surface area contributed by atoms with Gasteiger partial charge in [-0.15, -0.1) is 45.9 Å². The van der Waals surface area contributed by atoms with E-state index in [1.165, 1.54) is 4.90 Å². The van der Waals surface area contributed by atoms with Crippen LogP contribution in [0, 0.1) is 0 Å². The zero-order valence-corrected chi connectivity index (χ0v) is 22.1. The fourth-order valence-electron chi connectivity index (χ4n) is 3.37. The number of guanidine groups is 1. The standard InChI is InChI=1S/C22H35N7OS.HI/c1-2-21-27-26-19-29(21)13-10-24-22(23-9-6-12-28-14-16-30-17-15-28)25-11-18-31-20-7-4-3-5-8-20;/h3-5,7-8,19H,2,6,9-18H2,1H3,(H2,23,24,25);1H. The molecular formula is C22H36IN7OS. The minimum absolute atomic E-state index is 0. The van der Waals surface area contributed by atoms with E-state index < -0.39 is 0 Å². The number of thioether (sulfide) groups is 1. The Morgan fingerprint density at radius 3 is 2.69 bits per heavy atom. The zero-order valence-electron chi connectivity index (χ0n) is 18.9. The molecule has 0 aliphatic carbocycles. The summed E-state index contributed by atoms with van der Waals surface area (Å²) in [7, 11) is 0. The first-order valence-electron chi connectivity index (χ1n) is 11.2. The minimum atomic E-state index is 0. The van der Waals surface area contributed by atoms with Crippen molar-refractivity contribution in [3.8, 4) is 0 Å². The van der Waals surface area contributed by atoms with Crippen molar-refractivity contribution in [1.29, 1.82) is 0 Å². The van der Waals surface area contributed by atoms with Crippen LogP contribution >= 0.6 is 35.7 Å². The molecule has 3 rings (SSSR count). The van der Waals surface area contributed by atoms with Crippen LogP contribution in [0.25, 0.3) is 0 Å². The smallest absolute Gasteiger partial charge is 0.191 e. The zero-order chi connectivity index (χ0) is 21.6. The Morgan fingerprint density at radius 1 is 1.12 bits per heavy atom. The number of aryl methyl sites for hydroxylation is 1. The highest BCUT2D eigenvalue weighted by Gasteiger charge is 2.09. The summed E-state index contributed by atoms with van der Waals surface area (Å²) in [5, 5.41) is 15.1. The van der Waals surface area contributed by atoms with Crippen molar-refractivity contribution in [2.75, 3.05) is 58.2 Å². The van der Waals surface area contributed by atoms with Crippen molar-refractivity contribution in [1.82, 2.24) is 30.3 Å². The van der Waals surface area contributed by atoms with Gasteiger partial charge in [0.05, 0.1) is 13.2 Å². The number of benzene rings is 1. The van der Waals surface area contributed by atoms with Crippen LogP contribution in [0.1, 0.15) is 19.2 Å². The number of hydrogen-bond acceptors (Lipinski definition) is 6. The molecule has 2 aromatic rings. The number of rotatable bonds is 12. The van der Waals surface area contributed by atoms with Gasteiger partial charge in [0.25, 0.3) is 0 Å². The summed E-state index contributed by atoms with van der Waals surface area (Å²) in [5.74, 6) is 2.88. The van der Waals surface area contributed by atoms with Crippen molar-refractivity contribution in [2.45, 2.75) is 31.2 Å². The molecule has 0 atom stereocenters. The van der Waals surface area contributed by atoms with E-state index in [-0.39, 0.29) is 24.0 Å². The topological polar surface area (TPSA) is 79.6 Å². The Balaban J connectivity index is 0.00000363. The van der Waals surface area contributed by atoms with Crippen LogP contribution < -0.4 is 10.6 Å². The summed E-state index contributed by atoms with van der Waals surface area (Å²) < 4.78 is 7.51. The number of hydrogen-bond donors (Lipinski definition) is 2. The monoisotopic (exact) mass is 573 g/mol. The fraction of sp³-hybridized carbons (Fsp3) is 0.591. The van der Waals surface area contributed by atoms with E-state index in [1.807, 2.05) is 17.8 Å². The summed E-state index contributed by atoms with van der Waals surface area (Å²) in [6.07, 6.45) is 3.73. The van der Waals surface area contributed by atoms with Gasteiger partial charge in [-0.2, -0.15) is 0 Å². The molecule has 8 nitrogen and oxygen atoms in total. The summed E-state index contributed by atoms with van der Waals surface area (Å²) in [6, 6.07) is 10.5. The Morgan fingerprint density at radius 2 is 1.91 bits per heavy atom. The highest BCUT2D eigenvalue weighted by molar-refractivity contribution is 14.0. The number of nitrogens with one attached hydrogen (secondary N) is 2. The van der Waals surface area contributed by atoms with Crippen LogP contribution in [-0.2, 0) is 17.7 Å². The second kappa shape index (κ2) is 16.3. The van der Waals surface area contributed by atoms with Gasteiger partial charge >= 0.3 is 0 Å². The normalized spacial score (nSPS) is 14.7. The average Bonchev–Trinajstić information content (AvgIpc) is 3.28. The number of aromatic nitrogens is 3. The fourth-order valence-corrected chi connectivity index (χ4v) is 4.16. The molecule has 0 radical (unpaired) electrons. The Hall–Kier alpha value is -1.37. The first kappa shape index (κ1) is 26.9. The third-order valence-corrected chi connectivity index (χ3v) is 6.08. The van der Waals surface area contributed by atoms with Crippen LogP contribution in [0.3, 0.4) is 0 Å². The van der Waals surface area contributed by atoms with E-state index in [4.69, 9.17) is 9.73 Å². The quantitative estimate of drug-likeness (QED) is 0.133. The molecular weight excluding hydrogens is 537 g/mol. The van der Waals surface area contributed by atoms with Crippen molar-refractivity contribution >= 4 is 41.7 Å². The van der Waals surface area contributed by atoms with Gasteiger partial charge in [0.1, 0.15) is 12.2 Å². The number of nitrogens with zero attached hydrogens (tertiary/aromatic N) is 5. The predicted octanol–water partition coefficient (Wildman–Crippen LogP) is 2.51. The van der Waals surface area contributed by atoms with Crippen molar-refractivity contribution in [3.63, 3.8) is 0 Å². The molecule has 0 bridgehead atoms. The molecule has 0 saturated carbocycles. The number of morpholine rings is 1. The van der Waals surface area contributed by atoms with Gasteiger partial charge < -0.3 is 19.9 Å². The molecule has 2 N–H and O–H groups in total. The third kappa shape index (κ3) is 10.1. The van der Waals surface area contributed by atoms with Gasteiger partial charge in [-0.3, -0.25) is 9.89 Å². The lowest BCUT2D eigenvalue weighted by atomic mass is 10.3. The molecule has 10 heteroatoms. The van der Waals surface area contributed by atoms with Crippen LogP contribution in [0.5, 0.6) is 0 Å². The van der Waals surface area contributed by atoms with Crippen LogP contribution in [0.15, 0.2) is 46.5 Å². The Labute approximate surface area is 213 Å². The largest absolute Gasteiger partial charge is 0.379 e. The molecule has 0 spiro atoms. The third-order valence-electron chi connectivity index (χ3n) is 5.07. The lowest BCUT2D eigenvalue weighted by molar-refractivity contribution is 0.0377. The molecule has 1 aromatic carbocycles. The molecule has 1 saturated heterocycles. The molecule has 1 fully saturated rings. The lowest BCUT2D eigenvalue weighted by Crippen LogP contribution is -2.40. The van der Waals surface area contributed by atoms with Crippen LogP contribution in [-0.4, -0.2) is 83.9 Å².